The molecule has 1 aliphatic rings. The maximum Gasteiger partial charge on any atom is 0.341 e. The molecule has 1 aromatic carbocycles. The summed E-state index contributed by atoms with van der Waals surface area (Å²) >= 11 is 2.40. The predicted molar refractivity (Wildman–Crippen MR) is 118 cm³/mol. The van der Waals surface area contributed by atoms with Crippen molar-refractivity contribution in [3.63, 3.8) is 0 Å². The Bertz CT molecular complexity index is 1060. The van der Waals surface area contributed by atoms with Crippen LogP contribution in [0.3, 0.4) is 0 Å². The second kappa shape index (κ2) is 9.27. The number of ether oxygens (including phenoxy) is 2. The average Bonchev–Trinajstić information content (AvgIpc) is 3.18. The van der Waals surface area contributed by atoms with Gasteiger partial charge in [0.15, 0.2) is 5.17 Å². The van der Waals surface area contributed by atoms with E-state index in [4.69, 9.17) is 4.74 Å². The van der Waals surface area contributed by atoms with Crippen LogP contribution in [0.4, 0.5) is 10.7 Å². The summed E-state index contributed by atoms with van der Waals surface area (Å²) in [4.78, 5) is 44.4. The Kier molecular flexibility index (Phi) is 6.73. The molecule has 0 atom stereocenters. The zero-order valence-corrected chi connectivity index (χ0v) is 18.6. The third-order valence-electron chi connectivity index (χ3n) is 4.31. The van der Waals surface area contributed by atoms with E-state index in [1.807, 2.05) is 19.9 Å². The van der Waals surface area contributed by atoms with Gasteiger partial charge in [-0.2, -0.15) is 0 Å². The fourth-order valence-electron chi connectivity index (χ4n) is 2.74. The van der Waals surface area contributed by atoms with Gasteiger partial charge in [0.25, 0.3) is 5.91 Å². The number of anilines is 1. The number of benzene rings is 1. The second-order valence-electron chi connectivity index (χ2n) is 6.19. The Morgan fingerprint density at radius 3 is 2.53 bits per heavy atom. The van der Waals surface area contributed by atoms with Crippen LogP contribution in [0.15, 0.2) is 46.3 Å². The number of para-hydroxylation sites is 1. The average molecular weight is 445 g/mol. The molecule has 2 heterocycles. The highest BCUT2D eigenvalue weighted by atomic mass is 32.2. The molecule has 0 spiro atoms. The molecule has 156 valence electrons. The van der Waals surface area contributed by atoms with Gasteiger partial charge in [-0.05, 0) is 50.2 Å². The van der Waals surface area contributed by atoms with Gasteiger partial charge >= 0.3 is 11.9 Å². The van der Waals surface area contributed by atoms with Crippen LogP contribution in [-0.2, 0) is 19.1 Å². The van der Waals surface area contributed by atoms with Crippen molar-refractivity contribution >= 4 is 56.8 Å². The van der Waals surface area contributed by atoms with E-state index in [1.165, 1.54) is 23.3 Å². The lowest BCUT2D eigenvalue weighted by Gasteiger charge is -2.15. The van der Waals surface area contributed by atoms with Gasteiger partial charge in [0.2, 0.25) is 0 Å². The number of amides is 1. The van der Waals surface area contributed by atoms with Gasteiger partial charge < -0.3 is 9.47 Å². The van der Waals surface area contributed by atoms with Crippen molar-refractivity contribution in [3.8, 4) is 0 Å². The molecule has 30 heavy (non-hydrogen) atoms. The van der Waals surface area contributed by atoms with Crippen molar-refractivity contribution in [3.05, 3.63) is 57.3 Å². The van der Waals surface area contributed by atoms with Gasteiger partial charge in [0.05, 0.1) is 29.9 Å². The number of rotatable bonds is 5. The third-order valence-corrected chi connectivity index (χ3v) is 6.38. The Morgan fingerprint density at radius 2 is 1.90 bits per heavy atom. The van der Waals surface area contributed by atoms with E-state index in [1.54, 1.807) is 31.2 Å². The zero-order valence-electron chi connectivity index (χ0n) is 16.9. The van der Waals surface area contributed by atoms with Crippen LogP contribution in [0.5, 0.6) is 0 Å². The Labute approximate surface area is 182 Å². The Morgan fingerprint density at radius 1 is 1.20 bits per heavy atom. The number of methoxy groups -OCH3 is 1. The van der Waals surface area contributed by atoms with Crippen molar-refractivity contribution in [1.82, 2.24) is 0 Å². The third kappa shape index (κ3) is 4.31. The van der Waals surface area contributed by atoms with Crippen LogP contribution in [0.2, 0.25) is 0 Å². The van der Waals surface area contributed by atoms with E-state index < -0.39 is 17.8 Å². The van der Waals surface area contributed by atoms with E-state index in [0.717, 1.165) is 28.3 Å². The van der Waals surface area contributed by atoms with Crippen LogP contribution < -0.4 is 4.90 Å². The van der Waals surface area contributed by atoms with Crippen molar-refractivity contribution in [2.24, 2.45) is 4.99 Å². The van der Waals surface area contributed by atoms with Gasteiger partial charge in [-0.15, -0.1) is 11.3 Å². The number of aliphatic imine (C=N–C) groups is 1. The summed E-state index contributed by atoms with van der Waals surface area (Å²) in [7, 11) is 1.25. The molecule has 0 saturated carbocycles. The standard InChI is InChI=1S/C21H20N2O5S2/c1-5-28-20(26)17-12(2)13(3)29-18(17)22-21-23(14-9-7-6-8-10-14)19(25)15(30-21)11-16(24)27-4/h6-11H,5H2,1-4H3/b15-11-,22-21?. The van der Waals surface area contributed by atoms with Crippen molar-refractivity contribution in [1.29, 1.82) is 0 Å². The molecule has 9 heteroatoms. The molecule has 0 N–H and O–H groups in total. The summed E-state index contributed by atoms with van der Waals surface area (Å²) in [5.41, 5.74) is 1.78. The summed E-state index contributed by atoms with van der Waals surface area (Å²) < 4.78 is 9.84. The van der Waals surface area contributed by atoms with Gasteiger partial charge in [-0.3, -0.25) is 9.69 Å². The molecule has 1 saturated heterocycles. The number of carbonyl (C=O) groups excluding carboxylic acids is 3. The van der Waals surface area contributed by atoms with Gasteiger partial charge in [0.1, 0.15) is 5.00 Å². The topological polar surface area (TPSA) is 85.3 Å². The minimum atomic E-state index is -0.630. The molecule has 1 fully saturated rings. The summed E-state index contributed by atoms with van der Waals surface area (Å²) in [6.07, 6.45) is 1.14. The fourth-order valence-corrected chi connectivity index (χ4v) is 4.76. The van der Waals surface area contributed by atoms with Crippen LogP contribution in [0.25, 0.3) is 0 Å². The van der Waals surface area contributed by atoms with Crippen molar-refractivity contribution in [2.45, 2.75) is 20.8 Å². The molecule has 1 aromatic heterocycles. The van der Waals surface area contributed by atoms with Crippen LogP contribution in [0.1, 0.15) is 27.7 Å². The first-order chi connectivity index (χ1) is 14.4. The lowest BCUT2D eigenvalue weighted by atomic mass is 10.1. The molecule has 0 aliphatic carbocycles. The molecule has 2 aromatic rings. The van der Waals surface area contributed by atoms with Crippen LogP contribution >= 0.6 is 23.1 Å². The number of carbonyl (C=O) groups is 3. The van der Waals surface area contributed by atoms with Crippen LogP contribution in [-0.4, -0.2) is 36.7 Å². The van der Waals surface area contributed by atoms with Crippen molar-refractivity contribution in [2.75, 3.05) is 18.6 Å². The summed E-state index contributed by atoms with van der Waals surface area (Å²) in [6.45, 7) is 5.73. The van der Waals surface area contributed by atoms with E-state index in [0.29, 0.717) is 21.4 Å². The number of thiophene rings is 1. The number of hydrogen-bond acceptors (Lipinski definition) is 8. The maximum absolute atomic E-state index is 13.0. The minimum Gasteiger partial charge on any atom is -0.466 e. The number of hydrogen-bond donors (Lipinski definition) is 0. The molecule has 0 bridgehead atoms. The number of nitrogens with zero attached hydrogens (tertiary/aromatic N) is 2. The lowest BCUT2D eigenvalue weighted by molar-refractivity contribution is -0.135. The molecule has 3 rings (SSSR count). The van der Waals surface area contributed by atoms with E-state index in [-0.39, 0.29) is 11.5 Å². The predicted octanol–water partition coefficient (Wildman–Crippen LogP) is 4.37. The monoisotopic (exact) mass is 444 g/mol. The van der Waals surface area contributed by atoms with Crippen LogP contribution in [0, 0.1) is 13.8 Å². The number of thioether (sulfide) groups is 1. The van der Waals surface area contributed by atoms with E-state index in [9.17, 15) is 14.4 Å². The van der Waals surface area contributed by atoms with Gasteiger partial charge in [-0.25, -0.2) is 14.6 Å². The smallest absolute Gasteiger partial charge is 0.341 e. The summed E-state index contributed by atoms with van der Waals surface area (Å²) in [6, 6.07) is 8.98. The van der Waals surface area contributed by atoms with Gasteiger partial charge in [0, 0.05) is 11.0 Å². The first-order valence-electron chi connectivity index (χ1n) is 9.10. The van der Waals surface area contributed by atoms with E-state index in [2.05, 4.69) is 9.73 Å². The summed E-state index contributed by atoms with van der Waals surface area (Å²) in [5, 5.41) is 0.798. The second-order valence-corrected chi connectivity index (χ2v) is 8.40. The Balaban J connectivity index is 2.13. The number of esters is 2. The van der Waals surface area contributed by atoms with E-state index >= 15 is 0 Å². The first kappa shape index (κ1) is 21.8. The fraction of sp³-hybridized carbons (Fsp3) is 0.238. The molecule has 1 aliphatic heterocycles. The molecule has 0 radical (unpaired) electrons. The summed E-state index contributed by atoms with van der Waals surface area (Å²) in [5.74, 6) is -1.47. The molecule has 7 nitrogen and oxygen atoms in total. The maximum atomic E-state index is 13.0. The highest BCUT2D eigenvalue weighted by Crippen LogP contribution is 2.40. The lowest BCUT2D eigenvalue weighted by Crippen LogP contribution is -2.28. The molecule has 1 amide bonds. The largest absolute Gasteiger partial charge is 0.466 e. The SMILES string of the molecule is CCOC(=O)c1c(N=C2S/C(=C\C(=O)OC)C(=O)N2c2ccccc2)sc(C)c1C. The number of amidine groups is 1. The molecule has 0 unspecified atom stereocenters. The Hall–Kier alpha value is -2.91. The quantitative estimate of drug-likeness (QED) is 0.503. The van der Waals surface area contributed by atoms with Crippen molar-refractivity contribution < 1.29 is 23.9 Å². The normalized spacial score (nSPS) is 16.4. The molecular formula is C21H20N2O5S2. The highest BCUT2D eigenvalue weighted by molar-refractivity contribution is 8.19. The molecular weight excluding hydrogens is 424 g/mol. The first-order valence-corrected chi connectivity index (χ1v) is 10.7. The number of aryl methyl sites for hydroxylation is 1. The highest BCUT2D eigenvalue weighted by Gasteiger charge is 2.36. The minimum absolute atomic E-state index is 0.187. The zero-order chi connectivity index (χ0) is 21.8. The van der Waals surface area contributed by atoms with Gasteiger partial charge in [-0.1, -0.05) is 18.2 Å².